The van der Waals surface area contributed by atoms with Crippen molar-refractivity contribution in [3.05, 3.63) is 47.4 Å². The Balaban J connectivity index is 1.43. The number of rotatable bonds is 3. The van der Waals surface area contributed by atoms with Gasteiger partial charge < -0.3 is 10.3 Å². The highest BCUT2D eigenvalue weighted by Gasteiger charge is 2.52. The summed E-state index contributed by atoms with van der Waals surface area (Å²) in [5, 5.41) is 4.22. The lowest BCUT2D eigenvalue weighted by Crippen LogP contribution is -2.44. The second-order valence-corrected chi connectivity index (χ2v) is 7.51. The van der Waals surface area contributed by atoms with Gasteiger partial charge in [0.25, 0.3) is 0 Å². The Morgan fingerprint density at radius 2 is 2.00 bits per heavy atom. The summed E-state index contributed by atoms with van der Waals surface area (Å²) in [6, 6.07) is 7.28. The van der Waals surface area contributed by atoms with Crippen molar-refractivity contribution in [2.45, 2.75) is 49.5 Å². The topological polar surface area (TPSA) is 64.9 Å². The van der Waals surface area contributed by atoms with E-state index in [0.29, 0.717) is 29.3 Å². The summed E-state index contributed by atoms with van der Waals surface area (Å²) < 4.78 is 19.7. The zero-order valence-corrected chi connectivity index (χ0v) is 12.9. The number of aromatic nitrogens is 2. The third-order valence-electron chi connectivity index (χ3n) is 6.23. The fourth-order valence-corrected chi connectivity index (χ4v) is 4.67. The van der Waals surface area contributed by atoms with E-state index in [1.165, 1.54) is 6.07 Å². The Morgan fingerprint density at radius 1 is 1.17 bits per heavy atom. The Hall–Kier alpha value is -1.75. The maximum Gasteiger partial charge on any atom is 0.229 e. The van der Waals surface area contributed by atoms with E-state index in [2.05, 4.69) is 10.1 Å². The van der Waals surface area contributed by atoms with E-state index in [9.17, 15) is 4.39 Å². The minimum absolute atomic E-state index is 0.179. The molecule has 2 N–H and O–H groups in total. The molecule has 0 radical (unpaired) electrons. The minimum atomic E-state index is -0.374. The van der Waals surface area contributed by atoms with Crippen LogP contribution in [0.2, 0.25) is 0 Å². The van der Waals surface area contributed by atoms with Gasteiger partial charge in [-0.25, -0.2) is 4.39 Å². The molecule has 5 heteroatoms. The van der Waals surface area contributed by atoms with Gasteiger partial charge in [-0.2, -0.15) is 4.98 Å². The fourth-order valence-electron chi connectivity index (χ4n) is 4.67. The van der Waals surface area contributed by atoms with E-state index in [1.807, 2.05) is 12.1 Å². The molecule has 2 aromatic rings. The molecule has 120 valence electrons. The van der Waals surface area contributed by atoms with Gasteiger partial charge in [0.15, 0.2) is 5.82 Å². The van der Waals surface area contributed by atoms with Crippen LogP contribution in [0.25, 0.3) is 0 Å². The lowest BCUT2D eigenvalue weighted by Gasteiger charge is -2.37. The van der Waals surface area contributed by atoms with Crippen molar-refractivity contribution in [1.82, 2.24) is 10.1 Å². The Labute approximate surface area is 134 Å². The third-order valence-corrected chi connectivity index (χ3v) is 6.23. The van der Waals surface area contributed by atoms with Gasteiger partial charge >= 0.3 is 0 Å². The highest BCUT2D eigenvalue weighted by atomic mass is 19.1. The Morgan fingerprint density at radius 3 is 2.70 bits per heavy atom. The predicted octanol–water partition coefficient (Wildman–Crippen LogP) is 3.13. The maximum atomic E-state index is 14.2. The molecule has 4 nitrogen and oxygen atoms in total. The van der Waals surface area contributed by atoms with Crippen molar-refractivity contribution >= 4 is 0 Å². The molecular weight excluding hydrogens is 293 g/mol. The minimum Gasteiger partial charge on any atom is -0.339 e. The Bertz CT molecular complexity index is 754. The van der Waals surface area contributed by atoms with Crippen molar-refractivity contribution < 1.29 is 8.91 Å². The van der Waals surface area contributed by atoms with Crippen molar-refractivity contribution in [1.29, 1.82) is 0 Å². The molecule has 0 saturated heterocycles. The summed E-state index contributed by atoms with van der Waals surface area (Å²) in [4.78, 5) is 4.68. The zero-order chi connectivity index (χ0) is 15.6. The van der Waals surface area contributed by atoms with Gasteiger partial charge in [0.1, 0.15) is 5.82 Å². The number of nitrogens with two attached hydrogens (primary N) is 1. The molecule has 3 aliphatic carbocycles. The van der Waals surface area contributed by atoms with Crippen molar-refractivity contribution in [3.63, 3.8) is 0 Å². The lowest BCUT2D eigenvalue weighted by molar-refractivity contribution is 0.173. The normalized spacial score (nSPS) is 34.0. The van der Waals surface area contributed by atoms with E-state index in [-0.39, 0.29) is 11.2 Å². The number of benzene rings is 1. The molecular formula is C18H20FN3O. The molecule has 3 aliphatic rings. The molecule has 0 bridgehead atoms. The average molecular weight is 313 g/mol. The van der Waals surface area contributed by atoms with Gasteiger partial charge in [0, 0.05) is 17.5 Å². The molecule has 3 fully saturated rings. The molecule has 1 aromatic heterocycles. The van der Waals surface area contributed by atoms with E-state index in [1.54, 1.807) is 6.07 Å². The van der Waals surface area contributed by atoms with Gasteiger partial charge in [0.2, 0.25) is 5.89 Å². The largest absolute Gasteiger partial charge is 0.339 e. The van der Waals surface area contributed by atoms with Crippen LogP contribution in [0.1, 0.15) is 55.3 Å². The molecule has 3 saturated carbocycles. The quantitative estimate of drug-likeness (QED) is 0.945. The van der Waals surface area contributed by atoms with Crippen molar-refractivity contribution in [3.8, 4) is 0 Å². The summed E-state index contributed by atoms with van der Waals surface area (Å²) in [6.07, 6.45) is 5.05. The first kappa shape index (κ1) is 13.7. The summed E-state index contributed by atoms with van der Waals surface area (Å²) in [6.45, 7) is 0. The lowest BCUT2D eigenvalue weighted by atomic mass is 9.72. The van der Waals surface area contributed by atoms with Crippen LogP contribution in [-0.2, 0) is 5.41 Å². The average Bonchev–Trinajstić information content (AvgIpc) is 3.04. The van der Waals surface area contributed by atoms with Crippen molar-refractivity contribution in [2.24, 2.45) is 17.6 Å². The van der Waals surface area contributed by atoms with Gasteiger partial charge in [-0.1, -0.05) is 23.4 Å². The monoisotopic (exact) mass is 313 g/mol. The Kier molecular flexibility index (Phi) is 2.75. The first-order valence-corrected chi connectivity index (χ1v) is 8.52. The molecule has 23 heavy (non-hydrogen) atoms. The SMILES string of the molecule is N[C@@H]1C[C@@H]2CC(c3nc(C4(c5ccccc5F)CC4)no3)C[C@@H]21. The van der Waals surface area contributed by atoms with E-state index in [4.69, 9.17) is 10.3 Å². The van der Waals surface area contributed by atoms with Gasteiger partial charge in [-0.3, -0.25) is 0 Å². The summed E-state index contributed by atoms with van der Waals surface area (Å²) >= 11 is 0. The van der Waals surface area contributed by atoms with Gasteiger partial charge in [0.05, 0.1) is 5.41 Å². The standard InChI is InChI=1S/C18H20FN3O/c19-14-4-2-1-3-13(14)18(5-6-18)17-21-16(23-22-17)11-7-10-9-15(20)12(10)8-11/h1-4,10-12,15H,5-9,20H2/t10-,11?,12-,15+/m0/s1. The summed E-state index contributed by atoms with van der Waals surface area (Å²) in [7, 11) is 0. The van der Waals surface area contributed by atoms with Crippen LogP contribution in [0.4, 0.5) is 4.39 Å². The maximum absolute atomic E-state index is 14.2. The van der Waals surface area contributed by atoms with Crippen LogP contribution in [0.3, 0.4) is 0 Å². The molecule has 1 aromatic carbocycles. The molecule has 0 aliphatic heterocycles. The van der Waals surface area contributed by atoms with E-state index in [0.717, 1.165) is 43.9 Å². The fraction of sp³-hybridized carbons (Fsp3) is 0.556. The van der Waals surface area contributed by atoms with E-state index >= 15 is 0 Å². The molecule has 4 atom stereocenters. The van der Waals surface area contributed by atoms with Crippen LogP contribution >= 0.6 is 0 Å². The number of halogens is 1. The summed E-state index contributed by atoms with van der Waals surface area (Å²) in [5.41, 5.74) is 6.39. The number of hydrogen-bond donors (Lipinski definition) is 1. The van der Waals surface area contributed by atoms with E-state index < -0.39 is 0 Å². The van der Waals surface area contributed by atoms with Crippen molar-refractivity contribution in [2.75, 3.05) is 0 Å². The zero-order valence-electron chi connectivity index (χ0n) is 12.9. The third kappa shape index (κ3) is 1.92. The number of hydrogen-bond acceptors (Lipinski definition) is 4. The molecule has 0 spiro atoms. The van der Waals surface area contributed by atoms with Crippen LogP contribution in [0.5, 0.6) is 0 Å². The molecule has 1 unspecified atom stereocenters. The molecule has 1 heterocycles. The predicted molar refractivity (Wildman–Crippen MR) is 82.3 cm³/mol. The first-order chi connectivity index (χ1) is 11.2. The number of nitrogens with zero attached hydrogens (tertiary/aromatic N) is 2. The van der Waals surface area contributed by atoms with Crippen LogP contribution in [0, 0.1) is 17.7 Å². The smallest absolute Gasteiger partial charge is 0.229 e. The highest BCUT2D eigenvalue weighted by molar-refractivity contribution is 5.39. The second kappa shape index (κ2) is 4.63. The molecule has 0 amide bonds. The summed E-state index contributed by atoms with van der Waals surface area (Å²) in [5.74, 6) is 2.88. The molecule has 5 rings (SSSR count). The second-order valence-electron chi connectivity index (χ2n) is 7.51. The highest BCUT2D eigenvalue weighted by Crippen LogP contribution is 2.55. The van der Waals surface area contributed by atoms with Gasteiger partial charge in [-0.15, -0.1) is 0 Å². The first-order valence-electron chi connectivity index (χ1n) is 8.52. The number of fused-ring (bicyclic) bond motifs is 1. The van der Waals surface area contributed by atoms with Crippen LogP contribution in [0.15, 0.2) is 28.8 Å². The van der Waals surface area contributed by atoms with Crippen LogP contribution in [-0.4, -0.2) is 16.2 Å². The van der Waals surface area contributed by atoms with Crippen LogP contribution < -0.4 is 5.73 Å². The van der Waals surface area contributed by atoms with Gasteiger partial charge in [-0.05, 0) is 50.0 Å².